The third-order valence-electron chi connectivity index (χ3n) is 4.18. The summed E-state index contributed by atoms with van der Waals surface area (Å²) in [5.41, 5.74) is 5.88. The lowest BCUT2D eigenvalue weighted by Gasteiger charge is -2.16. The van der Waals surface area contributed by atoms with Crippen LogP contribution in [-0.4, -0.2) is 18.2 Å². The average molecular weight is 416 g/mol. The lowest BCUT2D eigenvalue weighted by molar-refractivity contribution is 0.0697. The van der Waals surface area contributed by atoms with E-state index in [1.54, 1.807) is 25.3 Å². The summed E-state index contributed by atoms with van der Waals surface area (Å²) in [5.74, 6) is -1.77. The van der Waals surface area contributed by atoms with E-state index in [0.717, 1.165) is 5.56 Å². The molecule has 0 atom stereocenters. The maximum Gasteiger partial charge on any atom is 0.337 e. The Balaban J connectivity index is 1.91. The number of carboxylic acids is 1. The lowest BCUT2D eigenvalue weighted by atomic mass is 10.1. The summed E-state index contributed by atoms with van der Waals surface area (Å²) >= 11 is 1.21. The highest BCUT2D eigenvalue weighted by Gasteiger charge is 2.22. The molecule has 3 aromatic rings. The van der Waals surface area contributed by atoms with Crippen molar-refractivity contribution in [1.82, 2.24) is 0 Å². The molecule has 0 radical (unpaired) electrons. The van der Waals surface area contributed by atoms with E-state index in [4.69, 9.17) is 10.5 Å². The molecule has 0 unspecified atom stereocenters. The Morgan fingerprint density at radius 2 is 1.86 bits per heavy atom. The van der Waals surface area contributed by atoms with Gasteiger partial charge in [0.25, 0.3) is 0 Å². The molecule has 0 aromatic heterocycles. The van der Waals surface area contributed by atoms with Crippen LogP contribution in [0, 0.1) is 11.6 Å². The zero-order valence-corrected chi connectivity index (χ0v) is 16.2. The Morgan fingerprint density at radius 3 is 2.48 bits per heavy atom. The van der Waals surface area contributed by atoms with Gasteiger partial charge in [0, 0.05) is 10.6 Å². The largest absolute Gasteiger partial charge is 0.497 e. The number of nitrogen functional groups attached to an aromatic ring is 1. The molecule has 0 aliphatic rings. The van der Waals surface area contributed by atoms with Crippen molar-refractivity contribution in [3.63, 3.8) is 0 Å². The highest BCUT2D eigenvalue weighted by Crippen LogP contribution is 2.37. The number of aromatic carboxylic acids is 1. The molecule has 29 heavy (non-hydrogen) atoms. The Hall–Kier alpha value is -3.26. The molecule has 0 fully saturated rings. The van der Waals surface area contributed by atoms with Gasteiger partial charge < -0.3 is 20.9 Å². The SMILES string of the molecule is COc1ccc(CSc2cc(C(=O)O)c(Nc3ccccc3F)c(F)c2N)cc1. The number of nitrogens with one attached hydrogen (secondary N) is 1. The number of nitrogens with two attached hydrogens (primary N) is 1. The summed E-state index contributed by atoms with van der Waals surface area (Å²) in [6.45, 7) is 0. The first kappa shape index (κ1) is 20.5. The normalized spacial score (nSPS) is 10.6. The number of methoxy groups -OCH3 is 1. The van der Waals surface area contributed by atoms with Crippen LogP contribution in [0.3, 0.4) is 0 Å². The van der Waals surface area contributed by atoms with Gasteiger partial charge in [0.15, 0.2) is 5.82 Å². The summed E-state index contributed by atoms with van der Waals surface area (Å²) in [7, 11) is 1.57. The molecule has 0 saturated carbocycles. The number of halogens is 2. The van der Waals surface area contributed by atoms with Crippen molar-refractivity contribution >= 4 is 34.8 Å². The van der Waals surface area contributed by atoms with Crippen LogP contribution in [0.4, 0.5) is 25.8 Å². The van der Waals surface area contributed by atoms with E-state index in [1.807, 2.05) is 12.1 Å². The van der Waals surface area contributed by atoms with E-state index in [9.17, 15) is 18.7 Å². The molecular weight excluding hydrogens is 398 g/mol. The molecule has 8 heteroatoms. The molecule has 0 aliphatic heterocycles. The van der Waals surface area contributed by atoms with Crippen molar-refractivity contribution in [2.24, 2.45) is 0 Å². The van der Waals surface area contributed by atoms with E-state index in [-0.39, 0.29) is 27.5 Å². The standard InChI is InChI=1S/C21H18F2N2O3S/c1-28-13-8-6-12(7-9-13)11-29-17-10-14(21(26)27)20(18(23)19(17)24)25-16-5-3-2-4-15(16)22/h2-10,25H,11,24H2,1H3,(H,26,27). The van der Waals surface area contributed by atoms with Crippen molar-refractivity contribution in [2.45, 2.75) is 10.6 Å². The highest BCUT2D eigenvalue weighted by atomic mass is 32.2. The second kappa shape index (κ2) is 8.83. The second-order valence-electron chi connectivity index (χ2n) is 6.07. The smallest absolute Gasteiger partial charge is 0.337 e. The number of hydrogen-bond donors (Lipinski definition) is 3. The van der Waals surface area contributed by atoms with E-state index in [2.05, 4.69) is 5.32 Å². The molecule has 150 valence electrons. The van der Waals surface area contributed by atoms with Crippen LogP contribution < -0.4 is 15.8 Å². The molecule has 0 saturated heterocycles. The minimum Gasteiger partial charge on any atom is -0.497 e. The summed E-state index contributed by atoms with van der Waals surface area (Å²) in [4.78, 5) is 12.0. The minimum absolute atomic E-state index is 0.0491. The van der Waals surface area contributed by atoms with Gasteiger partial charge in [0.05, 0.1) is 29.7 Å². The predicted octanol–water partition coefficient (Wildman–Crippen LogP) is 5.29. The zero-order valence-electron chi connectivity index (χ0n) is 15.4. The highest BCUT2D eigenvalue weighted by molar-refractivity contribution is 7.98. The topological polar surface area (TPSA) is 84.6 Å². The molecule has 0 bridgehead atoms. The number of para-hydroxylation sites is 1. The van der Waals surface area contributed by atoms with E-state index in [1.165, 1.54) is 36.0 Å². The van der Waals surface area contributed by atoms with Crippen LogP contribution in [0.1, 0.15) is 15.9 Å². The third kappa shape index (κ3) is 4.60. The molecule has 0 aliphatic carbocycles. The Labute approximate surface area is 170 Å². The summed E-state index contributed by atoms with van der Waals surface area (Å²) in [6.07, 6.45) is 0. The Bertz CT molecular complexity index is 1040. The quantitative estimate of drug-likeness (QED) is 0.359. The molecule has 3 rings (SSSR count). The number of ether oxygens (including phenoxy) is 1. The van der Waals surface area contributed by atoms with Crippen molar-refractivity contribution in [2.75, 3.05) is 18.2 Å². The first-order valence-electron chi connectivity index (χ1n) is 8.53. The molecule has 4 N–H and O–H groups in total. The summed E-state index contributed by atoms with van der Waals surface area (Å²) < 4.78 is 33.9. The van der Waals surface area contributed by atoms with Crippen LogP contribution in [0.2, 0.25) is 0 Å². The average Bonchev–Trinajstić information content (AvgIpc) is 2.72. The second-order valence-corrected chi connectivity index (χ2v) is 7.09. The monoisotopic (exact) mass is 416 g/mol. The van der Waals surface area contributed by atoms with E-state index >= 15 is 0 Å². The summed E-state index contributed by atoms with van der Waals surface area (Å²) in [5, 5.41) is 12.0. The van der Waals surface area contributed by atoms with Gasteiger partial charge in [0.2, 0.25) is 0 Å². The number of carbonyl (C=O) groups is 1. The fourth-order valence-corrected chi connectivity index (χ4v) is 3.59. The number of anilines is 3. The predicted molar refractivity (Wildman–Crippen MR) is 110 cm³/mol. The third-order valence-corrected chi connectivity index (χ3v) is 5.31. The summed E-state index contributed by atoms with van der Waals surface area (Å²) in [6, 6.07) is 14.2. The fraction of sp³-hybridized carbons (Fsp3) is 0.0952. The first-order chi connectivity index (χ1) is 13.9. The van der Waals surface area contributed by atoms with Crippen LogP contribution >= 0.6 is 11.8 Å². The minimum atomic E-state index is -1.35. The van der Waals surface area contributed by atoms with Gasteiger partial charge in [-0.1, -0.05) is 24.3 Å². The van der Waals surface area contributed by atoms with E-state index < -0.39 is 17.6 Å². The van der Waals surface area contributed by atoms with Gasteiger partial charge in [0.1, 0.15) is 11.6 Å². The number of thioether (sulfide) groups is 1. The maximum atomic E-state index is 14.9. The van der Waals surface area contributed by atoms with Crippen LogP contribution in [0.25, 0.3) is 0 Å². The van der Waals surface area contributed by atoms with Crippen LogP contribution in [0.15, 0.2) is 59.5 Å². The van der Waals surface area contributed by atoms with Gasteiger partial charge in [-0.15, -0.1) is 11.8 Å². The van der Waals surface area contributed by atoms with Gasteiger partial charge in [-0.05, 0) is 35.9 Å². The van der Waals surface area contributed by atoms with Crippen molar-refractivity contribution in [3.8, 4) is 5.75 Å². The number of benzene rings is 3. The number of hydrogen-bond acceptors (Lipinski definition) is 5. The van der Waals surface area contributed by atoms with E-state index in [0.29, 0.717) is 11.5 Å². The van der Waals surface area contributed by atoms with Crippen molar-refractivity contribution < 1.29 is 23.4 Å². The Morgan fingerprint density at radius 1 is 1.17 bits per heavy atom. The first-order valence-corrected chi connectivity index (χ1v) is 9.51. The zero-order chi connectivity index (χ0) is 21.0. The fourth-order valence-electron chi connectivity index (χ4n) is 2.63. The van der Waals surface area contributed by atoms with Crippen molar-refractivity contribution in [1.29, 1.82) is 0 Å². The van der Waals surface area contributed by atoms with Gasteiger partial charge in [-0.25, -0.2) is 13.6 Å². The van der Waals surface area contributed by atoms with Gasteiger partial charge in [-0.3, -0.25) is 0 Å². The maximum absolute atomic E-state index is 14.9. The van der Waals surface area contributed by atoms with Crippen molar-refractivity contribution in [3.05, 3.63) is 77.4 Å². The number of carboxylic acid groups (broad SMARTS) is 1. The molecular formula is C21H18F2N2O3S. The molecule has 3 aromatic carbocycles. The lowest BCUT2D eigenvalue weighted by Crippen LogP contribution is -2.09. The molecule has 0 spiro atoms. The van der Waals surface area contributed by atoms with Gasteiger partial charge >= 0.3 is 5.97 Å². The van der Waals surface area contributed by atoms with Crippen LogP contribution in [-0.2, 0) is 5.75 Å². The Kier molecular flexibility index (Phi) is 6.23. The molecule has 0 amide bonds. The molecule has 0 heterocycles. The van der Waals surface area contributed by atoms with Crippen LogP contribution in [0.5, 0.6) is 5.75 Å². The molecule has 5 nitrogen and oxygen atoms in total. The number of rotatable bonds is 7. The van der Waals surface area contributed by atoms with Gasteiger partial charge in [-0.2, -0.15) is 0 Å².